The van der Waals surface area contributed by atoms with Gasteiger partial charge in [-0.25, -0.2) is 0 Å². The van der Waals surface area contributed by atoms with E-state index in [9.17, 15) is 10.1 Å². The first-order valence-electron chi connectivity index (χ1n) is 4.55. The lowest BCUT2D eigenvalue weighted by Crippen LogP contribution is -2.39. The van der Waals surface area contributed by atoms with Gasteiger partial charge in [-0.1, -0.05) is 25.7 Å². The van der Waals surface area contributed by atoms with Crippen LogP contribution in [0.3, 0.4) is 0 Å². The van der Waals surface area contributed by atoms with E-state index in [-0.39, 0.29) is 5.69 Å². The van der Waals surface area contributed by atoms with Crippen molar-refractivity contribution in [3.63, 3.8) is 0 Å². The molecule has 1 rings (SSSR count). The number of nitro groups is 1. The van der Waals surface area contributed by atoms with E-state index < -0.39 is 13.0 Å². The summed E-state index contributed by atoms with van der Waals surface area (Å²) in [6, 6.07) is 6.56. The fraction of sp³-hybridized carbons (Fsp3) is 0.300. The normalized spacial score (nSPS) is 10.8. The maximum absolute atomic E-state index is 10.5. The van der Waals surface area contributed by atoms with Crippen molar-refractivity contribution in [1.82, 2.24) is 0 Å². The molecule has 0 amide bonds. The second-order valence-electron chi connectivity index (χ2n) is 4.35. The van der Waals surface area contributed by atoms with Crippen molar-refractivity contribution < 1.29 is 4.92 Å². The molecule has 0 radical (unpaired) electrons. The van der Waals surface area contributed by atoms with E-state index in [0.717, 1.165) is 5.19 Å². The average molecular weight is 220 g/mol. The lowest BCUT2D eigenvalue weighted by atomic mass is 10.2. The average Bonchev–Trinajstić information content (AvgIpc) is 2.15. The lowest BCUT2D eigenvalue weighted by molar-refractivity contribution is -0.384. The second-order valence-corrected chi connectivity index (χ2v) is 9.39. The first-order chi connectivity index (χ1) is 6.86. The summed E-state index contributed by atoms with van der Waals surface area (Å²) in [5.41, 5.74) is 0.414. The molecule has 0 aliphatic heterocycles. The third-order valence-corrected chi connectivity index (χ3v) is 4.19. The Morgan fingerprint density at radius 1 is 1.40 bits per heavy atom. The smallest absolute Gasteiger partial charge is 0.258 e. The van der Waals surface area contributed by atoms with Crippen LogP contribution in [-0.2, 0) is 0 Å². The summed E-state index contributed by atoms with van der Waals surface area (Å²) in [5, 5.41) is 20.4. The van der Waals surface area contributed by atoms with E-state index in [0.29, 0.717) is 5.56 Å². The van der Waals surface area contributed by atoms with Crippen molar-refractivity contribution in [2.75, 3.05) is 0 Å². The van der Waals surface area contributed by atoms with Gasteiger partial charge in [0.2, 0.25) is 0 Å². The zero-order valence-electron chi connectivity index (χ0n) is 8.94. The summed E-state index contributed by atoms with van der Waals surface area (Å²) in [6.07, 6.45) is 0. The molecular formula is C10H12N2O2Si. The second kappa shape index (κ2) is 3.83. The summed E-state index contributed by atoms with van der Waals surface area (Å²) in [4.78, 5) is 10.1. The van der Waals surface area contributed by atoms with Gasteiger partial charge in [-0.3, -0.25) is 10.1 Å². The highest BCUT2D eigenvalue weighted by Crippen LogP contribution is 2.14. The molecule has 15 heavy (non-hydrogen) atoms. The number of benzene rings is 1. The van der Waals surface area contributed by atoms with Gasteiger partial charge in [-0.2, -0.15) is 5.26 Å². The first kappa shape index (κ1) is 11.4. The van der Waals surface area contributed by atoms with Gasteiger partial charge < -0.3 is 0 Å². The molecule has 0 bridgehead atoms. The molecule has 4 nitrogen and oxygen atoms in total. The van der Waals surface area contributed by atoms with Crippen LogP contribution in [0, 0.1) is 21.4 Å². The maximum Gasteiger partial charge on any atom is 0.270 e. The largest absolute Gasteiger partial charge is 0.270 e. The third kappa shape index (κ3) is 2.42. The van der Waals surface area contributed by atoms with Crippen LogP contribution in [0.25, 0.3) is 0 Å². The predicted molar refractivity (Wildman–Crippen MR) is 60.8 cm³/mol. The molecule has 0 N–H and O–H groups in total. The molecular weight excluding hydrogens is 208 g/mol. The number of nitriles is 1. The van der Waals surface area contributed by atoms with Gasteiger partial charge in [-0.15, -0.1) is 0 Å². The fourth-order valence-electron chi connectivity index (χ4n) is 1.39. The minimum Gasteiger partial charge on any atom is -0.258 e. The maximum atomic E-state index is 10.5. The highest BCUT2D eigenvalue weighted by atomic mass is 28.3. The Hall–Kier alpha value is -1.67. The summed E-state index contributed by atoms with van der Waals surface area (Å²) >= 11 is 0. The van der Waals surface area contributed by atoms with Crippen molar-refractivity contribution in [2.24, 2.45) is 0 Å². The Morgan fingerprint density at radius 3 is 2.40 bits per heavy atom. The van der Waals surface area contributed by atoms with Gasteiger partial charge in [0.25, 0.3) is 5.69 Å². The van der Waals surface area contributed by atoms with E-state index in [1.54, 1.807) is 6.07 Å². The van der Waals surface area contributed by atoms with E-state index in [1.807, 2.05) is 6.07 Å². The molecule has 1 aromatic carbocycles. The minimum absolute atomic E-state index is 0.0199. The molecule has 0 saturated carbocycles. The minimum atomic E-state index is -1.60. The van der Waals surface area contributed by atoms with Gasteiger partial charge in [0.05, 0.1) is 24.6 Å². The first-order valence-corrected chi connectivity index (χ1v) is 8.05. The van der Waals surface area contributed by atoms with Gasteiger partial charge in [0.1, 0.15) is 0 Å². The Balaban J connectivity index is 3.36. The fourth-order valence-corrected chi connectivity index (χ4v) is 2.91. The van der Waals surface area contributed by atoms with E-state index in [2.05, 4.69) is 19.6 Å². The Labute approximate surface area is 89.3 Å². The van der Waals surface area contributed by atoms with Crippen LogP contribution in [0.4, 0.5) is 5.69 Å². The van der Waals surface area contributed by atoms with Gasteiger partial charge >= 0.3 is 0 Å². The van der Waals surface area contributed by atoms with E-state index in [1.165, 1.54) is 12.1 Å². The van der Waals surface area contributed by atoms with Crippen LogP contribution in [0.15, 0.2) is 18.2 Å². The lowest BCUT2D eigenvalue weighted by Gasteiger charge is -2.17. The summed E-state index contributed by atoms with van der Waals surface area (Å²) < 4.78 is 0. The van der Waals surface area contributed by atoms with Crippen LogP contribution >= 0.6 is 0 Å². The summed E-state index contributed by atoms with van der Waals surface area (Å²) in [5.74, 6) is 0. The molecule has 0 aliphatic rings. The van der Waals surface area contributed by atoms with Crippen LogP contribution in [0.1, 0.15) is 5.56 Å². The van der Waals surface area contributed by atoms with Crippen molar-refractivity contribution in [2.45, 2.75) is 19.6 Å². The zero-order chi connectivity index (χ0) is 11.6. The highest BCUT2D eigenvalue weighted by molar-refractivity contribution is 6.89. The van der Waals surface area contributed by atoms with E-state index >= 15 is 0 Å². The van der Waals surface area contributed by atoms with Crippen LogP contribution in [0.2, 0.25) is 19.6 Å². The van der Waals surface area contributed by atoms with Crippen molar-refractivity contribution >= 4 is 18.9 Å². The predicted octanol–water partition coefficient (Wildman–Crippen LogP) is 2.01. The molecule has 1 aromatic rings. The van der Waals surface area contributed by atoms with Gasteiger partial charge in [-0.05, 0) is 5.19 Å². The number of non-ortho nitro benzene ring substituents is 1. The number of hydrogen-bond acceptors (Lipinski definition) is 3. The van der Waals surface area contributed by atoms with Crippen LogP contribution in [0.5, 0.6) is 0 Å². The van der Waals surface area contributed by atoms with Crippen LogP contribution < -0.4 is 5.19 Å². The standard InChI is InChI=1S/C10H12N2O2Si/c1-15(2,3)10-5-4-9(12(13)14)6-8(10)7-11/h4-6H,1-3H3. The molecule has 0 heterocycles. The number of nitro benzene ring substituents is 1. The van der Waals surface area contributed by atoms with Crippen molar-refractivity contribution in [3.8, 4) is 6.07 Å². The number of nitrogens with zero attached hydrogens (tertiary/aromatic N) is 2. The van der Waals surface area contributed by atoms with E-state index in [4.69, 9.17) is 5.26 Å². The molecule has 0 aliphatic carbocycles. The third-order valence-electron chi connectivity index (χ3n) is 2.14. The molecule has 5 heteroatoms. The molecule has 0 fully saturated rings. The number of rotatable bonds is 2. The van der Waals surface area contributed by atoms with Gasteiger partial charge in [0.15, 0.2) is 0 Å². The quantitative estimate of drug-likeness (QED) is 0.435. The molecule has 0 aromatic heterocycles. The molecule has 0 spiro atoms. The molecule has 0 saturated heterocycles. The monoisotopic (exact) mass is 220 g/mol. The summed E-state index contributed by atoms with van der Waals surface area (Å²) in [6.45, 7) is 6.32. The molecule has 0 unspecified atom stereocenters. The molecule has 78 valence electrons. The Kier molecular flexibility index (Phi) is 2.91. The highest BCUT2D eigenvalue weighted by Gasteiger charge is 2.22. The Morgan fingerprint density at radius 2 is 2.00 bits per heavy atom. The SMILES string of the molecule is C[Si](C)(C)c1ccc([N+](=O)[O-])cc1C#N. The van der Waals surface area contributed by atoms with Gasteiger partial charge in [0, 0.05) is 12.1 Å². The summed E-state index contributed by atoms with van der Waals surface area (Å²) in [7, 11) is -1.60. The molecule has 0 atom stereocenters. The number of hydrogen-bond donors (Lipinski definition) is 0. The zero-order valence-corrected chi connectivity index (χ0v) is 9.94. The van der Waals surface area contributed by atoms with Crippen molar-refractivity contribution in [1.29, 1.82) is 5.26 Å². The van der Waals surface area contributed by atoms with Crippen molar-refractivity contribution in [3.05, 3.63) is 33.9 Å². The van der Waals surface area contributed by atoms with Crippen LogP contribution in [-0.4, -0.2) is 13.0 Å². The topological polar surface area (TPSA) is 66.9 Å². The Bertz CT molecular complexity index is 444.